The second-order valence-electron chi connectivity index (χ2n) is 8.64. The van der Waals surface area contributed by atoms with Crippen molar-refractivity contribution < 1.29 is 4.79 Å². The molecule has 1 atom stereocenters. The fourth-order valence-corrected chi connectivity index (χ4v) is 3.78. The van der Waals surface area contributed by atoms with Crippen LogP contribution in [0.3, 0.4) is 0 Å². The quantitative estimate of drug-likeness (QED) is 0.713. The van der Waals surface area contributed by atoms with Crippen LogP contribution in [0.15, 0.2) is 41.5 Å². The van der Waals surface area contributed by atoms with Crippen LogP contribution in [0.2, 0.25) is 0 Å². The van der Waals surface area contributed by atoms with Gasteiger partial charge < -0.3 is 10.2 Å². The molecule has 1 amide bonds. The third kappa shape index (κ3) is 5.15. The Morgan fingerprint density at radius 1 is 1.07 bits per heavy atom. The van der Waals surface area contributed by atoms with Crippen LogP contribution in [0, 0.1) is 27.7 Å². The third-order valence-electron chi connectivity index (χ3n) is 5.81. The van der Waals surface area contributed by atoms with Gasteiger partial charge in [0.1, 0.15) is 0 Å². The zero-order valence-corrected chi connectivity index (χ0v) is 19.1. The maximum absolute atomic E-state index is 13.1. The first-order valence-electron chi connectivity index (χ1n) is 10.7. The standard InChI is InChI=1S/C25H34N4O/c1-17-7-8-19(3)22(13-17)24-15-23(21-10-9-18(2)20(4)14-21)27-29(24)25(30)16-26-11-12-28(5)6/h7-10,13-14,24,26H,11-12,15-16H2,1-6H3. The first-order valence-corrected chi connectivity index (χ1v) is 10.7. The molecule has 2 aromatic rings. The average Bonchev–Trinajstić information content (AvgIpc) is 3.14. The summed E-state index contributed by atoms with van der Waals surface area (Å²) in [7, 11) is 4.06. The van der Waals surface area contributed by atoms with E-state index in [-0.39, 0.29) is 11.9 Å². The van der Waals surface area contributed by atoms with Crippen LogP contribution in [-0.4, -0.2) is 55.3 Å². The Hall–Kier alpha value is -2.50. The fraction of sp³-hybridized carbons (Fsp3) is 0.440. The molecule has 0 saturated heterocycles. The number of aryl methyl sites for hydroxylation is 4. The molecule has 5 heteroatoms. The summed E-state index contributed by atoms with van der Waals surface area (Å²) >= 11 is 0. The summed E-state index contributed by atoms with van der Waals surface area (Å²) < 4.78 is 0. The van der Waals surface area contributed by atoms with E-state index in [1.54, 1.807) is 5.01 Å². The molecule has 1 heterocycles. The van der Waals surface area contributed by atoms with Gasteiger partial charge in [-0.05, 0) is 75.7 Å². The molecule has 5 nitrogen and oxygen atoms in total. The van der Waals surface area contributed by atoms with Crippen molar-refractivity contribution in [1.82, 2.24) is 15.2 Å². The third-order valence-corrected chi connectivity index (χ3v) is 5.81. The van der Waals surface area contributed by atoms with Gasteiger partial charge >= 0.3 is 0 Å². The molecule has 0 aromatic heterocycles. The minimum atomic E-state index is -0.0651. The van der Waals surface area contributed by atoms with Gasteiger partial charge in [0.05, 0.1) is 18.3 Å². The van der Waals surface area contributed by atoms with Crippen molar-refractivity contribution in [3.8, 4) is 0 Å². The van der Waals surface area contributed by atoms with Crippen LogP contribution in [-0.2, 0) is 4.79 Å². The molecule has 0 aliphatic carbocycles. The Morgan fingerprint density at radius 3 is 2.50 bits per heavy atom. The van der Waals surface area contributed by atoms with Crippen molar-refractivity contribution in [2.75, 3.05) is 33.7 Å². The van der Waals surface area contributed by atoms with Gasteiger partial charge in [-0.15, -0.1) is 0 Å². The first kappa shape index (κ1) is 22.2. The minimum Gasteiger partial charge on any atom is -0.308 e. The summed E-state index contributed by atoms with van der Waals surface area (Å²) in [6.45, 7) is 10.4. The zero-order valence-electron chi connectivity index (χ0n) is 19.1. The lowest BCUT2D eigenvalue weighted by molar-refractivity contribution is -0.132. The monoisotopic (exact) mass is 406 g/mol. The number of hydrogen-bond acceptors (Lipinski definition) is 4. The highest BCUT2D eigenvalue weighted by Crippen LogP contribution is 2.35. The zero-order chi connectivity index (χ0) is 21.8. The highest BCUT2D eigenvalue weighted by molar-refractivity contribution is 6.03. The van der Waals surface area contributed by atoms with Crippen LogP contribution in [0.1, 0.15) is 45.8 Å². The summed E-state index contributed by atoms with van der Waals surface area (Å²) in [6.07, 6.45) is 0.732. The first-order chi connectivity index (χ1) is 14.3. The minimum absolute atomic E-state index is 0.0125. The molecular weight excluding hydrogens is 372 g/mol. The number of hydrogen-bond donors (Lipinski definition) is 1. The summed E-state index contributed by atoms with van der Waals surface area (Å²) in [5.41, 5.74) is 8.16. The second kappa shape index (κ2) is 9.54. The Labute approximate surface area is 180 Å². The van der Waals surface area contributed by atoms with Gasteiger partial charge in [-0.3, -0.25) is 4.79 Å². The number of carbonyl (C=O) groups is 1. The maximum Gasteiger partial charge on any atom is 0.257 e. The fourth-order valence-electron chi connectivity index (χ4n) is 3.78. The predicted octanol–water partition coefficient (Wildman–Crippen LogP) is 3.75. The van der Waals surface area contributed by atoms with Gasteiger partial charge in [0.25, 0.3) is 5.91 Å². The molecule has 0 radical (unpaired) electrons. The van der Waals surface area contributed by atoms with Crippen molar-refractivity contribution in [3.63, 3.8) is 0 Å². The molecule has 1 aliphatic rings. The smallest absolute Gasteiger partial charge is 0.257 e. The molecule has 1 aliphatic heterocycles. The van der Waals surface area contributed by atoms with Crippen molar-refractivity contribution in [3.05, 3.63) is 69.8 Å². The van der Waals surface area contributed by atoms with E-state index in [2.05, 4.69) is 74.3 Å². The van der Waals surface area contributed by atoms with Gasteiger partial charge in [0.15, 0.2) is 0 Å². The largest absolute Gasteiger partial charge is 0.308 e. The molecule has 1 unspecified atom stereocenters. The lowest BCUT2D eigenvalue weighted by Gasteiger charge is -2.24. The van der Waals surface area contributed by atoms with E-state index >= 15 is 0 Å². The number of amides is 1. The summed E-state index contributed by atoms with van der Waals surface area (Å²) in [6, 6.07) is 12.8. The number of hydrazone groups is 1. The van der Waals surface area contributed by atoms with Crippen molar-refractivity contribution in [2.24, 2.45) is 5.10 Å². The van der Waals surface area contributed by atoms with Crippen molar-refractivity contribution in [1.29, 1.82) is 0 Å². The molecule has 160 valence electrons. The molecule has 2 aromatic carbocycles. The average molecular weight is 407 g/mol. The van der Waals surface area contributed by atoms with E-state index in [4.69, 9.17) is 5.10 Å². The molecule has 1 N–H and O–H groups in total. The molecule has 0 spiro atoms. The molecular formula is C25H34N4O. The van der Waals surface area contributed by atoms with Gasteiger partial charge in [0, 0.05) is 19.5 Å². The van der Waals surface area contributed by atoms with Crippen molar-refractivity contribution >= 4 is 11.6 Å². The lowest BCUT2D eigenvalue weighted by atomic mass is 9.93. The van der Waals surface area contributed by atoms with Crippen LogP contribution in [0.25, 0.3) is 0 Å². The Morgan fingerprint density at radius 2 is 1.80 bits per heavy atom. The molecule has 30 heavy (non-hydrogen) atoms. The number of carbonyl (C=O) groups excluding carboxylic acids is 1. The Balaban J connectivity index is 1.88. The number of rotatable bonds is 7. The SMILES string of the molecule is Cc1ccc(C)c(C2CC(c3ccc(C)c(C)c3)=NN2C(=O)CNCCN(C)C)c1. The topological polar surface area (TPSA) is 47.9 Å². The van der Waals surface area contributed by atoms with Crippen LogP contribution < -0.4 is 5.32 Å². The summed E-state index contributed by atoms with van der Waals surface area (Å²) in [5.74, 6) is 0.0125. The second-order valence-corrected chi connectivity index (χ2v) is 8.64. The van der Waals surface area contributed by atoms with E-state index in [1.807, 2.05) is 14.1 Å². The Bertz CT molecular complexity index is 948. The van der Waals surface area contributed by atoms with Gasteiger partial charge in [-0.25, -0.2) is 5.01 Å². The van der Waals surface area contributed by atoms with Crippen LogP contribution >= 0.6 is 0 Å². The summed E-state index contributed by atoms with van der Waals surface area (Å²) in [5, 5.41) is 9.79. The van der Waals surface area contributed by atoms with Gasteiger partial charge in [-0.2, -0.15) is 5.10 Å². The Kier molecular flexibility index (Phi) is 7.06. The van der Waals surface area contributed by atoms with Crippen LogP contribution in [0.4, 0.5) is 0 Å². The van der Waals surface area contributed by atoms with E-state index in [0.717, 1.165) is 30.8 Å². The van der Waals surface area contributed by atoms with Gasteiger partial charge in [0.2, 0.25) is 0 Å². The molecule has 0 saturated carbocycles. The maximum atomic E-state index is 13.1. The number of benzene rings is 2. The number of nitrogens with one attached hydrogen (secondary N) is 1. The predicted molar refractivity (Wildman–Crippen MR) is 124 cm³/mol. The number of nitrogens with zero attached hydrogens (tertiary/aromatic N) is 3. The van der Waals surface area contributed by atoms with Gasteiger partial charge in [-0.1, -0.05) is 35.9 Å². The lowest BCUT2D eigenvalue weighted by Crippen LogP contribution is -2.37. The highest BCUT2D eigenvalue weighted by Gasteiger charge is 2.33. The molecule has 0 bridgehead atoms. The summed E-state index contributed by atoms with van der Waals surface area (Å²) in [4.78, 5) is 15.2. The molecule has 0 fully saturated rings. The van der Waals surface area contributed by atoms with Crippen molar-refractivity contribution in [2.45, 2.75) is 40.2 Å². The number of likely N-dealkylation sites (N-methyl/N-ethyl adjacent to an activating group) is 1. The van der Waals surface area contributed by atoms with E-state index < -0.39 is 0 Å². The van der Waals surface area contributed by atoms with E-state index in [1.165, 1.54) is 27.8 Å². The molecule has 3 rings (SSSR count). The van der Waals surface area contributed by atoms with Crippen LogP contribution in [0.5, 0.6) is 0 Å². The van der Waals surface area contributed by atoms with E-state index in [0.29, 0.717) is 6.54 Å². The highest BCUT2D eigenvalue weighted by atomic mass is 16.2. The normalized spacial score (nSPS) is 16.3. The van der Waals surface area contributed by atoms with E-state index in [9.17, 15) is 4.79 Å².